The zero-order valence-electron chi connectivity index (χ0n) is 16.6. The van der Waals surface area contributed by atoms with Crippen LogP contribution in [0.25, 0.3) is 0 Å². The number of aromatic nitrogens is 1. The summed E-state index contributed by atoms with van der Waals surface area (Å²) >= 11 is 0. The van der Waals surface area contributed by atoms with Gasteiger partial charge in [-0.2, -0.15) is 0 Å². The molecular weight excluding hydrogens is 354 g/mol. The third kappa shape index (κ3) is 4.32. The molecule has 2 amide bonds. The fraction of sp³-hybridized carbons (Fsp3) is 0.409. The quantitative estimate of drug-likeness (QED) is 0.846. The summed E-state index contributed by atoms with van der Waals surface area (Å²) in [5.74, 6) is 0.137. The van der Waals surface area contributed by atoms with Crippen LogP contribution in [0.2, 0.25) is 0 Å². The summed E-state index contributed by atoms with van der Waals surface area (Å²) in [4.78, 5) is 31.6. The van der Waals surface area contributed by atoms with Crippen LogP contribution in [-0.2, 0) is 4.79 Å². The maximum atomic E-state index is 13.0. The first-order valence-electron chi connectivity index (χ1n) is 9.71. The second-order valence-electron chi connectivity index (χ2n) is 7.68. The highest BCUT2D eigenvalue weighted by Gasteiger charge is 2.30. The van der Waals surface area contributed by atoms with Gasteiger partial charge in [0.2, 0.25) is 5.91 Å². The number of pyridine rings is 1. The summed E-state index contributed by atoms with van der Waals surface area (Å²) in [6.07, 6.45) is 3.11. The maximum Gasteiger partial charge on any atom is 0.257 e. The van der Waals surface area contributed by atoms with E-state index in [0.29, 0.717) is 24.5 Å². The Morgan fingerprint density at radius 2 is 2.07 bits per heavy atom. The molecule has 1 aliphatic heterocycles. The van der Waals surface area contributed by atoms with Crippen molar-refractivity contribution in [2.75, 3.05) is 18.4 Å². The molecule has 1 fully saturated rings. The van der Waals surface area contributed by atoms with Crippen LogP contribution in [0, 0.1) is 12.8 Å². The molecule has 6 nitrogen and oxygen atoms in total. The van der Waals surface area contributed by atoms with Gasteiger partial charge in [-0.1, -0.05) is 26.0 Å². The number of likely N-dealkylation sites (tertiary alicyclic amines) is 1. The van der Waals surface area contributed by atoms with Gasteiger partial charge in [-0.05, 0) is 55.0 Å². The molecule has 1 saturated heterocycles. The number of nitrogens with one attached hydrogen (secondary N) is 1. The Balaban J connectivity index is 1.72. The third-order valence-corrected chi connectivity index (χ3v) is 5.25. The van der Waals surface area contributed by atoms with Crippen molar-refractivity contribution in [1.29, 1.82) is 0 Å². The number of carbonyl (C=O) groups is 2. The largest absolute Gasteiger partial charge is 0.507 e. The number of nitrogens with zero attached hydrogens (tertiary/aromatic N) is 2. The van der Waals surface area contributed by atoms with Crippen molar-refractivity contribution in [2.24, 2.45) is 5.92 Å². The van der Waals surface area contributed by atoms with Gasteiger partial charge in [-0.3, -0.25) is 9.59 Å². The molecule has 1 aromatic heterocycles. The molecular formula is C22H27N3O3. The Morgan fingerprint density at radius 3 is 2.79 bits per heavy atom. The summed E-state index contributed by atoms with van der Waals surface area (Å²) in [6, 6.07) is 8.87. The highest BCUT2D eigenvalue weighted by atomic mass is 16.3. The minimum Gasteiger partial charge on any atom is -0.507 e. The number of carbonyl (C=O) groups excluding carboxylic acids is 2. The van der Waals surface area contributed by atoms with Crippen LogP contribution in [0.3, 0.4) is 0 Å². The molecule has 1 aromatic carbocycles. The first-order valence-corrected chi connectivity index (χ1v) is 9.71. The van der Waals surface area contributed by atoms with Crippen LogP contribution >= 0.6 is 0 Å². The zero-order chi connectivity index (χ0) is 20.3. The molecule has 28 heavy (non-hydrogen) atoms. The lowest BCUT2D eigenvalue weighted by Gasteiger charge is -2.32. The molecule has 1 atom stereocenters. The molecule has 148 valence electrons. The van der Waals surface area contributed by atoms with Gasteiger partial charge in [0, 0.05) is 19.3 Å². The second kappa shape index (κ2) is 8.42. The van der Waals surface area contributed by atoms with E-state index in [4.69, 9.17) is 0 Å². The minimum atomic E-state index is -0.297. The predicted molar refractivity (Wildman–Crippen MR) is 108 cm³/mol. The number of amides is 2. The molecule has 2 heterocycles. The first kappa shape index (κ1) is 19.9. The molecule has 1 aliphatic rings. The number of anilines is 1. The smallest absolute Gasteiger partial charge is 0.257 e. The molecule has 2 aromatic rings. The normalized spacial score (nSPS) is 16.9. The van der Waals surface area contributed by atoms with Crippen LogP contribution in [0.4, 0.5) is 5.82 Å². The fourth-order valence-electron chi connectivity index (χ4n) is 3.47. The number of aromatic hydroxyl groups is 1. The van der Waals surface area contributed by atoms with Crippen LogP contribution in [0.15, 0.2) is 36.5 Å². The molecule has 1 unspecified atom stereocenters. The first-order chi connectivity index (χ1) is 13.4. The van der Waals surface area contributed by atoms with E-state index in [1.165, 1.54) is 0 Å². The summed E-state index contributed by atoms with van der Waals surface area (Å²) in [6.45, 7) is 6.89. The van der Waals surface area contributed by atoms with Crippen molar-refractivity contribution in [3.05, 3.63) is 53.2 Å². The average Bonchev–Trinajstić information content (AvgIpc) is 2.69. The summed E-state index contributed by atoms with van der Waals surface area (Å²) in [5, 5.41) is 13.1. The van der Waals surface area contributed by atoms with E-state index in [0.717, 1.165) is 24.0 Å². The van der Waals surface area contributed by atoms with Crippen molar-refractivity contribution in [3.63, 3.8) is 0 Å². The van der Waals surface area contributed by atoms with Gasteiger partial charge < -0.3 is 15.3 Å². The highest BCUT2D eigenvalue weighted by molar-refractivity contribution is 5.98. The molecule has 0 bridgehead atoms. The van der Waals surface area contributed by atoms with Crippen molar-refractivity contribution in [2.45, 2.75) is 39.5 Å². The van der Waals surface area contributed by atoms with E-state index in [9.17, 15) is 14.7 Å². The van der Waals surface area contributed by atoms with Gasteiger partial charge in [-0.25, -0.2) is 4.98 Å². The van der Waals surface area contributed by atoms with Crippen molar-refractivity contribution >= 4 is 17.6 Å². The van der Waals surface area contributed by atoms with E-state index >= 15 is 0 Å². The molecule has 0 spiro atoms. The van der Waals surface area contributed by atoms with Crippen LogP contribution < -0.4 is 5.32 Å². The lowest BCUT2D eigenvalue weighted by Crippen LogP contribution is -2.44. The van der Waals surface area contributed by atoms with E-state index in [-0.39, 0.29) is 29.4 Å². The molecule has 0 saturated carbocycles. The number of hydrogen-bond donors (Lipinski definition) is 2. The van der Waals surface area contributed by atoms with E-state index in [2.05, 4.69) is 10.3 Å². The van der Waals surface area contributed by atoms with Gasteiger partial charge in [0.25, 0.3) is 5.91 Å². The lowest BCUT2D eigenvalue weighted by atomic mass is 9.95. The third-order valence-electron chi connectivity index (χ3n) is 5.25. The summed E-state index contributed by atoms with van der Waals surface area (Å²) in [5.41, 5.74) is 2.20. The van der Waals surface area contributed by atoms with Crippen molar-refractivity contribution in [1.82, 2.24) is 9.88 Å². The molecule has 0 aliphatic carbocycles. The monoisotopic (exact) mass is 381 g/mol. The number of benzene rings is 1. The molecule has 0 radical (unpaired) electrons. The van der Waals surface area contributed by atoms with Crippen LogP contribution in [0.5, 0.6) is 5.75 Å². The summed E-state index contributed by atoms with van der Waals surface area (Å²) < 4.78 is 0. The zero-order valence-corrected chi connectivity index (χ0v) is 16.6. The fourth-order valence-corrected chi connectivity index (χ4v) is 3.47. The Hall–Kier alpha value is -2.89. The minimum absolute atomic E-state index is 0.0231. The van der Waals surface area contributed by atoms with Gasteiger partial charge in [0.1, 0.15) is 11.6 Å². The molecule has 2 N–H and O–H groups in total. The SMILES string of the molecule is Cc1cccnc1NC(=O)C1CCCN(C(=O)c2cc(C(C)C)ccc2O)C1. The van der Waals surface area contributed by atoms with Crippen molar-refractivity contribution in [3.8, 4) is 5.75 Å². The number of piperidine rings is 1. The Labute approximate surface area is 165 Å². The highest BCUT2D eigenvalue weighted by Crippen LogP contribution is 2.27. The molecule has 3 rings (SSSR count). The second-order valence-corrected chi connectivity index (χ2v) is 7.68. The lowest BCUT2D eigenvalue weighted by molar-refractivity contribution is -0.121. The Kier molecular flexibility index (Phi) is 5.97. The van der Waals surface area contributed by atoms with Gasteiger partial charge >= 0.3 is 0 Å². The average molecular weight is 381 g/mol. The van der Waals surface area contributed by atoms with E-state index < -0.39 is 0 Å². The van der Waals surface area contributed by atoms with E-state index in [1.54, 1.807) is 23.2 Å². The van der Waals surface area contributed by atoms with Crippen LogP contribution in [-0.4, -0.2) is 39.9 Å². The number of phenols is 1. The Bertz CT molecular complexity index is 879. The van der Waals surface area contributed by atoms with Gasteiger partial charge in [0.15, 0.2) is 0 Å². The maximum absolute atomic E-state index is 13.0. The number of rotatable bonds is 4. The standard InChI is InChI=1S/C22H27N3O3/c1-14(2)16-8-9-19(26)18(12-16)22(28)25-11-5-7-17(13-25)21(27)24-20-15(3)6-4-10-23-20/h4,6,8-10,12,14,17,26H,5,7,11,13H2,1-3H3,(H,23,24,27). The van der Waals surface area contributed by atoms with Crippen molar-refractivity contribution < 1.29 is 14.7 Å². The number of aryl methyl sites for hydroxylation is 1. The number of hydrogen-bond acceptors (Lipinski definition) is 4. The van der Waals surface area contributed by atoms with Gasteiger partial charge in [-0.15, -0.1) is 0 Å². The summed E-state index contributed by atoms with van der Waals surface area (Å²) in [7, 11) is 0. The Morgan fingerprint density at radius 1 is 1.29 bits per heavy atom. The van der Waals surface area contributed by atoms with Crippen LogP contribution in [0.1, 0.15) is 54.1 Å². The molecule has 6 heteroatoms. The van der Waals surface area contributed by atoms with Gasteiger partial charge in [0.05, 0.1) is 11.5 Å². The number of phenolic OH excluding ortho intramolecular Hbond substituents is 1. The predicted octanol–water partition coefficient (Wildman–Crippen LogP) is 3.71. The topological polar surface area (TPSA) is 82.5 Å². The van der Waals surface area contributed by atoms with E-state index in [1.807, 2.05) is 39.0 Å².